The van der Waals surface area contributed by atoms with Crippen LogP contribution in [0.3, 0.4) is 0 Å². The Morgan fingerprint density at radius 2 is 2.26 bits per heavy atom. The Labute approximate surface area is 113 Å². The smallest absolute Gasteiger partial charge is 0.311 e. The molecule has 0 amide bonds. The number of rotatable bonds is 5. The maximum Gasteiger partial charge on any atom is 0.311 e. The van der Waals surface area contributed by atoms with Gasteiger partial charge in [0.1, 0.15) is 5.82 Å². The van der Waals surface area contributed by atoms with Crippen molar-refractivity contribution in [2.24, 2.45) is 5.84 Å². The van der Waals surface area contributed by atoms with Crippen molar-refractivity contribution < 1.29 is 4.92 Å². The summed E-state index contributed by atoms with van der Waals surface area (Å²) in [6.07, 6.45) is 0. The van der Waals surface area contributed by atoms with Gasteiger partial charge in [-0.15, -0.1) is 0 Å². The van der Waals surface area contributed by atoms with Gasteiger partial charge in [0.05, 0.1) is 4.92 Å². The summed E-state index contributed by atoms with van der Waals surface area (Å²) in [5.41, 5.74) is 4.53. The second-order valence-electron chi connectivity index (χ2n) is 3.90. The standard InChI is InChI=1S/C11H13N5O2S/c1-7-5-19-6-8(7)4-13-11-9(16(17)18)2-3-10(14-11)15-12/h2-3,5-6H,4,12H2,1H3,(H2,13,14,15). The molecule has 2 heterocycles. The summed E-state index contributed by atoms with van der Waals surface area (Å²) < 4.78 is 0. The summed E-state index contributed by atoms with van der Waals surface area (Å²) in [7, 11) is 0. The van der Waals surface area contributed by atoms with Crippen molar-refractivity contribution in [3.05, 3.63) is 44.1 Å². The van der Waals surface area contributed by atoms with Crippen LogP contribution >= 0.6 is 11.3 Å². The average molecular weight is 279 g/mol. The molecule has 0 fully saturated rings. The van der Waals surface area contributed by atoms with Crippen LogP contribution < -0.4 is 16.6 Å². The highest BCUT2D eigenvalue weighted by molar-refractivity contribution is 7.08. The molecule has 0 spiro atoms. The minimum absolute atomic E-state index is 0.0770. The number of hydrazine groups is 1. The Balaban J connectivity index is 2.22. The van der Waals surface area contributed by atoms with Crippen LogP contribution in [0.5, 0.6) is 0 Å². The number of nitrogens with one attached hydrogen (secondary N) is 2. The van der Waals surface area contributed by atoms with E-state index in [-0.39, 0.29) is 11.5 Å². The van der Waals surface area contributed by atoms with Gasteiger partial charge in [-0.3, -0.25) is 10.1 Å². The summed E-state index contributed by atoms with van der Waals surface area (Å²) >= 11 is 1.59. The lowest BCUT2D eigenvalue weighted by Crippen LogP contribution is -2.11. The molecule has 0 aromatic carbocycles. The molecule has 0 radical (unpaired) electrons. The van der Waals surface area contributed by atoms with E-state index in [9.17, 15) is 10.1 Å². The van der Waals surface area contributed by atoms with Crippen molar-refractivity contribution in [2.75, 3.05) is 10.7 Å². The fraction of sp³-hybridized carbons (Fsp3) is 0.182. The molecule has 0 aliphatic rings. The first-order chi connectivity index (χ1) is 9.11. The van der Waals surface area contributed by atoms with Crippen molar-refractivity contribution in [3.8, 4) is 0 Å². The van der Waals surface area contributed by atoms with Crippen molar-refractivity contribution in [1.82, 2.24) is 4.98 Å². The fourth-order valence-corrected chi connectivity index (χ4v) is 2.41. The van der Waals surface area contributed by atoms with Gasteiger partial charge in [-0.25, -0.2) is 10.8 Å². The Hall–Kier alpha value is -2.19. The van der Waals surface area contributed by atoms with E-state index in [0.717, 1.165) is 11.1 Å². The third-order valence-electron chi connectivity index (χ3n) is 2.63. The van der Waals surface area contributed by atoms with Gasteiger partial charge in [0.2, 0.25) is 5.82 Å². The van der Waals surface area contributed by atoms with E-state index in [0.29, 0.717) is 12.4 Å². The summed E-state index contributed by atoms with van der Waals surface area (Å²) in [6, 6.07) is 2.82. The van der Waals surface area contributed by atoms with Crippen LogP contribution in [0.2, 0.25) is 0 Å². The lowest BCUT2D eigenvalue weighted by molar-refractivity contribution is -0.384. The van der Waals surface area contributed by atoms with Crippen LogP contribution in [0.15, 0.2) is 22.9 Å². The number of pyridine rings is 1. The molecule has 2 aromatic heterocycles. The van der Waals surface area contributed by atoms with E-state index in [4.69, 9.17) is 5.84 Å². The highest BCUT2D eigenvalue weighted by Gasteiger charge is 2.15. The van der Waals surface area contributed by atoms with E-state index in [2.05, 4.69) is 15.7 Å². The van der Waals surface area contributed by atoms with Crippen molar-refractivity contribution in [2.45, 2.75) is 13.5 Å². The van der Waals surface area contributed by atoms with Gasteiger partial charge < -0.3 is 10.7 Å². The van der Waals surface area contributed by atoms with E-state index in [1.807, 2.05) is 17.7 Å². The maximum absolute atomic E-state index is 10.9. The van der Waals surface area contributed by atoms with E-state index >= 15 is 0 Å². The first-order valence-electron chi connectivity index (χ1n) is 5.49. The molecular formula is C11H13N5O2S. The van der Waals surface area contributed by atoms with Gasteiger partial charge in [-0.05, 0) is 34.9 Å². The number of hydrogen-bond donors (Lipinski definition) is 3. The van der Waals surface area contributed by atoms with Gasteiger partial charge in [0.15, 0.2) is 0 Å². The fourth-order valence-electron chi connectivity index (χ4n) is 1.56. The predicted octanol–water partition coefficient (Wildman–Crippen LogP) is 2.26. The number of hydrogen-bond acceptors (Lipinski definition) is 7. The number of nitrogen functional groups attached to an aromatic ring is 1. The van der Waals surface area contributed by atoms with Crippen LogP contribution in [0.25, 0.3) is 0 Å². The van der Waals surface area contributed by atoms with Gasteiger partial charge in [-0.1, -0.05) is 0 Å². The zero-order valence-electron chi connectivity index (χ0n) is 10.2. The lowest BCUT2D eigenvalue weighted by Gasteiger charge is -2.07. The molecule has 0 aliphatic heterocycles. The van der Waals surface area contributed by atoms with Crippen LogP contribution in [-0.4, -0.2) is 9.91 Å². The number of anilines is 2. The van der Waals surface area contributed by atoms with Crippen LogP contribution in [0.4, 0.5) is 17.3 Å². The topological polar surface area (TPSA) is 106 Å². The number of aryl methyl sites for hydroxylation is 1. The highest BCUT2D eigenvalue weighted by Crippen LogP contribution is 2.25. The third-order valence-corrected chi connectivity index (χ3v) is 3.54. The zero-order chi connectivity index (χ0) is 13.8. The van der Waals surface area contributed by atoms with Crippen LogP contribution in [0.1, 0.15) is 11.1 Å². The van der Waals surface area contributed by atoms with Crippen molar-refractivity contribution in [3.63, 3.8) is 0 Å². The molecule has 8 heteroatoms. The molecule has 7 nitrogen and oxygen atoms in total. The van der Waals surface area contributed by atoms with Gasteiger partial charge in [0, 0.05) is 12.6 Å². The summed E-state index contributed by atoms with van der Waals surface area (Å²) in [5, 5.41) is 17.9. The highest BCUT2D eigenvalue weighted by atomic mass is 32.1. The Bertz CT molecular complexity index is 599. The number of thiophene rings is 1. The number of nitro groups is 1. The van der Waals surface area contributed by atoms with Gasteiger partial charge in [-0.2, -0.15) is 11.3 Å². The third kappa shape index (κ3) is 2.98. The lowest BCUT2D eigenvalue weighted by atomic mass is 10.2. The Morgan fingerprint density at radius 1 is 1.47 bits per heavy atom. The molecule has 0 atom stereocenters. The zero-order valence-corrected chi connectivity index (χ0v) is 11.0. The predicted molar refractivity (Wildman–Crippen MR) is 75.1 cm³/mol. The molecule has 100 valence electrons. The van der Waals surface area contributed by atoms with Crippen molar-refractivity contribution >= 4 is 28.7 Å². The minimum atomic E-state index is -0.476. The van der Waals surface area contributed by atoms with Gasteiger partial charge in [0.25, 0.3) is 0 Å². The van der Waals surface area contributed by atoms with Crippen molar-refractivity contribution in [1.29, 1.82) is 0 Å². The Morgan fingerprint density at radius 3 is 2.84 bits per heavy atom. The average Bonchev–Trinajstić information content (AvgIpc) is 2.81. The summed E-state index contributed by atoms with van der Waals surface area (Å²) in [4.78, 5) is 14.5. The first kappa shape index (κ1) is 13.2. The van der Waals surface area contributed by atoms with E-state index < -0.39 is 4.92 Å². The molecular weight excluding hydrogens is 266 g/mol. The monoisotopic (exact) mass is 279 g/mol. The number of nitrogens with zero attached hydrogens (tertiary/aromatic N) is 2. The first-order valence-corrected chi connectivity index (χ1v) is 6.43. The molecule has 4 N–H and O–H groups in total. The molecule has 0 aliphatic carbocycles. The quantitative estimate of drug-likeness (QED) is 0.440. The largest absolute Gasteiger partial charge is 0.360 e. The summed E-state index contributed by atoms with van der Waals surface area (Å²) in [6.45, 7) is 2.48. The molecule has 2 aromatic rings. The molecule has 0 saturated heterocycles. The SMILES string of the molecule is Cc1cscc1CNc1nc(NN)ccc1[N+](=O)[O-]. The Kier molecular flexibility index (Phi) is 3.93. The maximum atomic E-state index is 10.9. The second-order valence-corrected chi connectivity index (χ2v) is 4.64. The van der Waals surface area contributed by atoms with Crippen LogP contribution in [0, 0.1) is 17.0 Å². The second kappa shape index (κ2) is 5.63. The van der Waals surface area contributed by atoms with E-state index in [1.165, 1.54) is 12.1 Å². The summed E-state index contributed by atoms with van der Waals surface area (Å²) in [5.74, 6) is 5.82. The normalized spacial score (nSPS) is 10.2. The molecule has 0 saturated carbocycles. The van der Waals surface area contributed by atoms with E-state index in [1.54, 1.807) is 11.3 Å². The minimum Gasteiger partial charge on any atom is -0.360 e. The van der Waals surface area contributed by atoms with Gasteiger partial charge >= 0.3 is 5.69 Å². The number of aromatic nitrogens is 1. The molecule has 0 bridgehead atoms. The number of nitrogens with two attached hydrogens (primary N) is 1. The van der Waals surface area contributed by atoms with Crippen LogP contribution in [-0.2, 0) is 6.54 Å². The molecule has 0 unspecified atom stereocenters. The molecule has 19 heavy (non-hydrogen) atoms. The molecule has 2 rings (SSSR count).